The van der Waals surface area contributed by atoms with E-state index >= 15 is 0 Å². The van der Waals surface area contributed by atoms with Crippen LogP contribution in [0.15, 0.2) is 54.7 Å². The standard InChI is InChI=1S/C25H28ClFN4O3S/c1-35(32,33)34-16-17-8-10-20(11-9-17)30-25-13-21(22(26)15-29-25)23-6-3-7-24(31-23)28-14-18-4-2-5-19(27)12-18/h2-7,12-13,15,17,20H,8-11,14,16H2,1H3,(H,28,31)(H,29,30). The highest BCUT2D eigenvalue weighted by Crippen LogP contribution is 2.31. The van der Waals surface area contributed by atoms with Crippen molar-refractivity contribution in [3.63, 3.8) is 0 Å². The van der Waals surface area contributed by atoms with Gasteiger partial charge in [0.2, 0.25) is 0 Å². The van der Waals surface area contributed by atoms with Gasteiger partial charge >= 0.3 is 0 Å². The predicted molar refractivity (Wildman–Crippen MR) is 136 cm³/mol. The van der Waals surface area contributed by atoms with Crippen molar-refractivity contribution in [1.82, 2.24) is 9.97 Å². The predicted octanol–water partition coefficient (Wildman–Crippen LogP) is 5.50. The molecule has 186 valence electrons. The summed E-state index contributed by atoms with van der Waals surface area (Å²) in [6.07, 6.45) is 6.25. The second-order valence-electron chi connectivity index (χ2n) is 8.79. The molecule has 0 saturated heterocycles. The largest absolute Gasteiger partial charge is 0.367 e. The van der Waals surface area contributed by atoms with Crippen LogP contribution in [0.5, 0.6) is 0 Å². The van der Waals surface area contributed by atoms with E-state index in [9.17, 15) is 12.8 Å². The maximum Gasteiger partial charge on any atom is 0.264 e. The number of aromatic nitrogens is 2. The number of anilines is 2. The molecule has 2 N–H and O–H groups in total. The van der Waals surface area contributed by atoms with E-state index in [4.69, 9.17) is 15.8 Å². The van der Waals surface area contributed by atoms with E-state index in [2.05, 4.69) is 20.6 Å². The Morgan fingerprint density at radius 2 is 1.86 bits per heavy atom. The van der Waals surface area contributed by atoms with Crippen LogP contribution >= 0.6 is 11.6 Å². The van der Waals surface area contributed by atoms with Gasteiger partial charge in [0.25, 0.3) is 10.1 Å². The Hall–Kier alpha value is -2.75. The zero-order valence-corrected chi connectivity index (χ0v) is 20.9. The molecule has 0 bridgehead atoms. The molecule has 2 aromatic heterocycles. The molecule has 0 amide bonds. The first-order valence-electron chi connectivity index (χ1n) is 11.5. The van der Waals surface area contributed by atoms with Gasteiger partial charge in [0.1, 0.15) is 17.5 Å². The Bertz CT molecular complexity index is 1270. The van der Waals surface area contributed by atoms with E-state index in [1.165, 1.54) is 12.1 Å². The first kappa shape index (κ1) is 25.3. The Balaban J connectivity index is 1.38. The highest BCUT2D eigenvalue weighted by Gasteiger charge is 2.23. The number of hydrogen-bond donors (Lipinski definition) is 2. The Kier molecular flexibility index (Phi) is 8.20. The summed E-state index contributed by atoms with van der Waals surface area (Å²) in [5, 5.41) is 7.18. The Labute approximate surface area is 210 Å². The van der Waals surface area contributed by atoms with E-state index in [1.807, 2.05) is 30.3 Å². The van der Waals surface area contributed by atoms with Gasteiger partial charge in [-0.15, -0.1) is 0 Å². The summed E-state index contributed by atoms with van der Waals surface area (Å²) in [4.78, 5) is 9.10. The molecule has 10 heteroatoms. The second-order valence-corrected chi connectivity index (χ2v) is 10.8. The number of hydrogen-bond acceptors (Lipinski definition) is 7. The minimum Gasteiger partial charge on any atom is -0.367 e. The van der Waals surface area contributed by atoms with Crippen LogP contribution in [-0.4, -0.2) is 37.3 Å². The third-order valence-corrected chi connectivity index (χ3v) is 6.83. The van der Waals surface area contributed by atoms with Crippen molar-refractivity contribution in [3.05, 3.63) is 71.1 Å². The summed E-state index contributed by atoms with van der Waals surface area (Å²) in [5.74, 6) is 1.33. The van der Waals surface area contributed by atoms with Gasteiger partial charge in [-0.25, -0.2) is 14.4 Å². The van der Waals surface area contributed by atoms with Crippen molar-refractivity contribution in [2.45, 2.75) is 38.3 Å². The lowest BCUT2D eigenvalue weighted by atomic mass is 9.86. The molecule has 0 aliphatic heterocycles. The minimum absolute atomic E-state index is 0.234. The van der Waals surface area contributed by atoms with Gasteiger partial charge in [0, 0.05) is 24.3 Å². The number of nitrogens with zero attached hydrogens (tertiary/aromatic N) is 2. The summed E-state index contributed by atoms with van der Waals surface area (Å²) >= 11 is 6.45. The quantitative estimate of drug-likeness (QED) is 0.361. The van der Waals surface area contributed by atoms with Crippen LogP contribution in [0.25, 0.3) is 11.3 Å². The van der Waals surface area contributed by atoms with Crippen molar-refractivity contribution < 1.29 is 17.0 Å². The van der Waals surface area contributed by atoms with E-state index in [0.717, 1.165) is 43.1 Å². The Morgan fingerprint density at radius 1 is 1.09 bits per heavy atom. The van der Waals surface area contributed by atoms with Gasteiger partial charge < -0.3 is 10.6 Å². The topological polar surface area (TPSA) is 93.2 Å². The number of pyridine rings is 2. The average Bonchev–Trinajstić information content (AvgIpc) is 2.83. The summed E-state index contributed by atoms with van der Waals surface area (Å²) in [7, 11) is -3.41. The van der Waals surface area contributed by atoms with Gasteiger partial charge in [0.15, 0.2) is 0 Å². The highest BCUT2D eigenvalue weighted by atomic mass is 35.5. The minimum atomic E-state index is -3.41. The number of rotatable bonds is 9. The van der Waals surface area contributed by atoms with E-state index in [1.54, 1.807) is 12.3 Å². The maximum atomic E-state index is 13.4. The Morgan fingerprint density at radius 3 is 2.60 bits per heavy atom. The molecule has 7 nitrogen and oxygen atoms in total. The lowest BCUT2D eigenvalue weighted by Crippen LogP contribution is -2.28. The van der Waals surface area contributed by atoms with Gasteiger partial charge in [0.05, 0.1) is 23.6 Å². The van der Waals surface area contributed by atoms with Crippen molar-refractivity contribution in [1.29, 1.82) is 0 Å². The van der Waals surface area contributed by atoms with Gasteiger partial charge in [-0.2, -0.15) is 8.42 Å². The smallest absolute Gasteiger partial charge is 0.264 e. The average molecular weight is 519 g/mol. The number of nitrogens with one attached hydrogen (secondary N) is 2. The molecule has 1 aromatic carbocycles. The maximum absolute atomic E-state index is 13.4. The second kappa shape index (κ2) is 11.3. The molecule has 0 spiro atoms. The first-order chi connectivity index (χ1) is 16.7. The zero-order chi connectivity index (χ0) is 24.8. The first-order valence-corrected chi connectivity index (χ1v) is 13.7. The summed E-state index contributed by atoms with van der Waals surface area (Å²) in [6.45, 7) is 0.688. The summed E-state index contributed by atoms with van der Waals surface area (Å²) in [5.41, 5.74) is 2.28. The molecule has 3 aromatic rings. The van der Waals surface area contributed by atoms with Gasteiger partial charge in [-0.05, 0) is 67.5 Å². The molecule has 0 atom stereocenters. The molecule has 1 saturated carbocycles. The molecule has 35 heavy (non-hydrogen) atoms. The summed E-state index contributed by atoms with van der Waals surface area (Å²) in [6, 6.07) is 14.2. The molecular formula is C25H28ClFN4O3S. The molecule has 0 unspecified atom stereocenters. The molecule has 0 radical (unpaired) electrons. The van der Waals surface area contributed by atoms with Crippen molar-refractivity contribution >= 4 is 33.4 Å². The molecule has 4 rings (SSSR count). The molecule has 2 heterocycles. The van der Waals surface area contributed by atoms with Gasteiger partial charge in [-0.3, -0.25) is 4.18 Å². The molecule has 1 fully saturated rings. The van der Waals surface area contributed by atoms with E-state index in [0.29, 0.717) is 28.9 Å². The van der Waals surface area contributed by atoms with Gasteiger partial charge in [-0.1, -0.05) is 29.8 Å². The fourth-order valence-electron chi connectivity index (χ4n) is 4.14. The monoisotopic (exact) mass is 518 g/mol. The normalized spacial score (nSPS) is 18.3. The van der Waals surface area contributed by atoms with E-state index < -0.39 is 10.1 Å². The zero-order valence-electron chi connectivity index (χ0n) is 19.4. The van der Waals surface area contributed by atoms with Crippen LogP contribution in [0.3, 0.4) is 0 Å². The van der Waals surface area contributed by atoms with Crippen molar-refractivity contribution in [2.24, 2.45) is 5.92 Å². The molecule has 1 aliphatic rings. The number of halogens is 2. The SMILES string of the molecule is CS(=O)(=O)OCC1CCC(Nc2cc(-c3cccc(NCc4cccc(F)c4)n3)c(Cl)cn2)CC1. The molecule has 1 aliphatic carbocycles. The third-order valence-electron chi connectivity index (χ3n) is 5.96. The van der Waals surface area contributed by atoms with Crippen molar-refractivity contribution in [3.8, 4) is 11.3 Å². The van der Waals surface area contributed by atoms with E-state index in [-0.39, 0.29) is 24.4 Å². The van der Waals surface area contributed by atoms with Crippen LogP contribution in [0.2, 0.25) is 5.02 Å². The van der Waals surface area contributed by atoms with Crippen LogP contribution in [-0.2, 0) is 20.8 Å². The summed E-state index contributed by atoms with van der Waals surface area (Å²) < 4.78 is 40.8. The fourth-order valence-corrected chi connectivity index (χ4v) is 4.78. The van der Waals surface area contributed by atoms with Crippen LogP contribution in [0, 0.1) is 11.7 Å². The van der Waals surface area contributed by atoms with Crippen molar-refractivity contribution in [2.75, 3.05) is 23.5 Å². The third kappa shape index (κ3) is 7.62. The fraction of sp³-hybridized carbons (Fsp3) is 0.360. The molecular weight excluding hydrogens is 491 g/mol. The lowest BCUT2D eigenvalue weighted by Gasteiger charge is -2.29. The highest BCUT2D eigenvalue weighted by molar-refractivity contribution is 7.85. The van der Waals surface area contributed by atoms with Crippen LogP contribution in [0.4, 0.5) is 16.0 Å². The van der Waals surface area contributed by atoms with Crippen LogP contribution in [0.1, 0.15) is 31.2 Å². The lowest BCUT2D eigenvalue weighted by molar-refractivity contribution is 0.210. The van der Waals surface area contributed by atoms with Crippen LogP contribution < -0.4 is 10.6 Å². The number of benzene rings is 1.